The Labute approximate surface area is 174 Å². The van der Waals surface area contributed by atoms with E-state index in [-0.39, 0.29) is 18.4 Å². The highest BCUT2D eigenvalue weighted by Gasteiger charge is 2.22. The number of halogens is 2. The normalized spacial score (nSPS) is 10.3. The lowest BCUT2D eigenvalue weighted by atomic mass is 10.1. The number of anilines is 1. The average Bonchev–Trinajstić information content (AvgIpc) is 2.68. The molecule has 2 amide bonds. The zero-order valence-electron chi connectivity index (χ0n) is 15.9. The highest BCUT2D eigenvalue weighted by atomic mass is 35.5. The Morgan fingerprint density at radius 3 is 2.43 bits per heavy atom. The van der Waals surface area contributed by atoms with Crippen molar-refractivity contribution in [3.8, 4) is 11.5 Å². The van der Waals surface area contributed by atoms with Gasteiger partial charge in [-0.15, -0.1) is 0 Å². The second-order valence-corrected chi connectivity index (χ2v) is 6.81. The standard InChI is InChI=1S/C20H22Cl2N2O4/c1-4-9-24(12-19(25)23-17-7-5-13(21)10-16(17)22)20(26)15-11-14(27-2)6-8-18(15)28-3/h5-8,10-11H,4,9,12H2,1-3H3,(H,23,25). The van der Waals surface area contributed by atoms with Crippen LogP contribution in [0.3, 0.4) is 0 Å². The van der Waals surface area contributed by atoms with Crippen molar-refractivity contribution in [1.29, 1.82) is 0 Å². The highest BCUT2D eigenvalue weighted by molar-refractivity contribution is 6.36. The molecule has 0 aliphatic heterocycles. The quantitative estimate of drug-likeness (QED) is 0.676. The number of carbonyl (C=O) groups is 2. The second kappa shape index (κ2) is 10.2. The van der Waals surface area contributed by atoms with Gasteiger partial charge in [0, 0.05) is 11.6 Å². The van der Waals surface area contributed by atoms with Gasteiger partial charge in [-0.25, -0.2) is 0 Å². The largest absolute Gasteiger partial charge is 0.497 e. The molecule has 0 radical (unpaired) electrons. The molecule has 0 spiro atoms. The zero-order valence-corrected chi connectivity index (χ0v) is 17.4. The summed E-state index contributed by atoms with van der Waals surface area (Å²) in [5, 5.41) is 3.50. The number of rotatable bonds is 8. The van der Waals surface area contributed by atoms with E-state index in [4.69, 9.17) is 32.7 Å². The molecule has 2 aromatic carbocycles. The van der Waals surface area contributed by atoms with E-state index in [9.17, 15) is 9.59 Å². The van der Waals surface area contributed by atoms with Crippen LogP contribution in [0, 0.1) is 0 Å². The molecular formula is C20H22Cl2N2O4. The Bertz CT molecular complexity index is 858. The van der Waals surface area contributed by atoms with E-state index in [1.807, 2.05) is 6.92 Å². The van der Waals surface area contributed by atoms with E-state index in [2.05, 4.69) is 5.32 Å². The summed E-state index contributed by atoms with van der Waals surface area (Å²) < 4.78 is 10.5. The first kappa shape index (κ1) is 21.9. The summed E-state index contributed by atoms with van der Waals surface area (Å²) in [4.78, 5) is 27.0. The first-order valence-corrected chi connectivity index (χ1v) is 9.41. The smallest absolute Gasteiger partial charge is 0.258 e. The molecule has 1 N–H and O–H groups in total. The molecule has 28 heavy (non-hydrogen) atoms. The number of hydrogen-bond donors (Lipinski definition) is 1. The van der Waals surface area contributed by atoms with Crippen LogP contribution in [0.2, 0.25) is 10.0 Å². The molecule has 2 aromatic rings. The summed E-state index contributed by atoms with van der Waals surface area (Å²) in [5.74, 6) is 0.244. The fourth-order valence-electron chi connectivity index (χ4n) is 2.63. The molecule has 2 rings (SSSR count). The maximum Gasteiger partial charge on any atom is 0.258 e. The van der Waals surface area contributed by atoms with Gasteiger partial charge < -0.3 is 19.7 Å². The van der Waals surface area contributed by atoms with Crippen LogP contribution in [0.1, 0.15) is 23.7 Å². The summed E-state index contributed by atoms with van der Waals surface area (Å²) in [7, 11) is 3.00. The molecule has 150 valence electrons. The minimum Gasteiger partial charge on any atom is -0.497 e. The van der Waals surface area contributed by atoms with E-state index in [0.717, 1.165) is 0 Å². The van der Waals surface area contributed by atoms with Crippen molar-refractivity contribution < 1.29 is 19.1 Å². The van der Waals surface area contributed by atoms with Crippen LogP contribution in [0.25, 0.3) is 0 Å². The molecule has 6 nitrogen and oxygen atoms in total. The fraction of sp³-hybridized carbons (Fsp3) is 0.300. The predicted molar refractivity (Wildman–Crippen MR) is 111 cm³/mol. The van der Waals surface area contributed by atoms with Crippen molar-refractivity contribution in [3.05, 3.63) is 52.0 Å². The molecular weight excluding hydrogens is 403 g/mol. The number of nitrogens with zero attached hydrogens (tertiary/aromatic N) is 1. The van der Waals surface area contributed by atoms with Gasteiger partial charge in [0.25, 0.3) is 5.91 Å². The lowest BCUT2D eigenvalue weighted by Gasteiger charge is -2.23. The zero-order chi connectivity index (χ0) is 20.7. The van der Waals surface area contributed by atoms with Gasteiger partial charge in [-0.2, -0.15) is 0 Å². The van der Waals surface area contributed by atoms with Crippen LogP contribution < -0.4 is 14.8 Å². The first-order valence-electron chi connectivity index (χ1n) is 8.65. The van der Waals surface area contributed by atoms with Crippen LogP contribution in [-0.4, -0.2) is 44.0 Å². The third-order valence-corrected chi connectivity index (χ3v) is 4.51. The van der Waals surface area contributed by atoms with Gasteiger partial charge in [0.2, 0.25) is 5.91 Å². The van der Waals surface area contributed by atoms with E-state index >= 15 is 0 Å². The SMILES string of the molecule is CCCN(CC(=O)Nc1ccc(Cl)cc1Cl)C(=O)c1cc(OC)ccc1OC. The minimum absolute atomic E-state index is 0.133. The number of hydrogen-bond acceptors (Lipinski definition) is 4. The highest BCUT2D eigenvalue weighted by Crippen LogP contribution is 2.27. The van der Waals surface area contributed by atoms with E-state index in [1.165, 1.54) is 25.2 Å². The molecule has 0 saturated carbocycles. The molecule has 0 aromatic heterocycles. The van der Waals surface area contributed by atoms with E-state index < -0.39 is 0 Å². The van der Waals surface area contributed by atoms with Gasteiger partial charge in [0.1, 0.15) is 18.0 Å². The summed E-state index contributed by atoms with van der Waals surface area (Å²) in [6.07, 6.45) is 0.688. The van der Waals surface area contributed by atoms with Gasteiger partial charge in [0.15, 0.2) is 0 Å². The summed E-state index contributed by atoms with van der Waals surface area (Å²) in [5.41, 5.74) is 0.756. The van der Waals surface area contributed by atoms with Crippen molar-refractivity contribution in [2.45, 2.75) is 13.3 Å². The van der Waals surface area contributed by atoms with E-state index in [0.29, 0.717) is 45.8 Å². The predicted octanol–water partition coefficient (Wildman–Crippen LogP) is 4.50. The van der Waals surface area contributed by atoms with Gasteiger partial charge in [-0.3, -0.25) is 9.59 Å². The number of methoxy groups -OCH3 is 2. The number of benzene rings is 2. The number of nitrogens with one attached hydrogen (secondary N) is 1. The topological polar surface area (TPSA) is 67.9 Å². The summed E-state index contributed by atoms with van der Waals surface area (Å²) in [6.45, 7) is 2.20. The Morgan fingerprint density at radius 2 is 1.82 bits per heavy atom. The lowest BCUT2D eigenvalue weighted by molar-refractivity contribution is -0.116. The third-order valence-electron chi connectivity index (χ3n) is 3.96. The molecule has 0 aliphatic rings. The van der Waals surface area contributed by atoms with Gasteiger partial charge in [-0.1, -0.05) is 30.1 Å². The number of carbonyl (C=O) groups excluding carboxylic acids is 2. The molecule has 0 bridgehead atoms. The van der Waals surface area contributed by atoms with Crippen LogP contribution in [0.5, 0.6) is 11.5 Å². The molecule has 0 unspecified atom stereocenters. The average molecular weight is 425 g/mol. The van der Waals surface area contributed by atoms with Gasteiger partial charge in [0.05, 0.1) is 30.5 Å². The van der Waals surface area contributed by atoms with Crippen molar-refractivity contribution >= 4 is 40.7 Å². The Hall–Kier alpha value is -2.44. The van der Waals surface area contributed by atoms with Crippen molar-refractivity contribution in [2.24, 2.45) is 0 Å². The molecule has 0 saturated heterocycles. The Morgan fingerprint density at radius 1 is 1.07 bits per heavy atom. The van der Waals surface area contributed by atoms with Crippen LogP contribution in [0.4, 0.5) is 5.69 Å². The summed E-state index contributed by atoms with van der Waals surface area (Å²) in [6, 6.07) is 9.73. The van der Waals surface area contributed by atoms with Crippen molar-refractivity contribution in [1.82, 2.24) is 4.90 Å². The molecule has 0 fully saturated rings. The monoisotopic (exact) mass is 424 g/mol. The Kier molecular flexibility index (Phi) is 7.96. The first-order chi connectivity index (χ1) is 13.4. The molecule has 0 heterocycles. The maximum absolute atomic E-state index is 13.0. The van der Waals surface area contributed by atoms with Gasteiger partial charge in [-0.05, 0) is 42.8 Å². The van der Waals surface area contributed by atoms with Crippen LogP contribution >= 0.6 is 23.2 Å². The lowest BCUT2D eigenvalue weighted by Crippen LogP contribution is -2.38. The molecule has 0 atom stereocenters. The Balaban J connectivity index is 2.20. The molecule has 8 heteroatoms. The van der Waals surface area contributed by atoms with Crippen LogP contribution in [0.15, 0.2) is 36.4 Å². The molecule has 0 aliphatic carbocycles. The number of ether oxygens (including phenoxy) is 2. The maximum atomic E-state index is 13.0. The van der Waals surface area contributed by atoms with Gasteiger partial charge >= 0.3 is 0 Å². The van der Waals surface area contributed by atoms with Crippen molar-refractivity contribution in [2.75, 3.05) is 32.6 Å². The van der Waals surface area contributed by atoms with E-state index in [1.54, 1.807) is 30.3 Å². The van der Waals surface area contributed by atoms with Crippen molar-refractivity contribution in [3.63, 3.8) is 0 Å². The number of amides is 2. The van der Waals surface area contributed by atoms with Crippen LogP contribution in [-0.2, 0) is 4.79 Å². The minimum atomic E-state index is -0.368. The second-order valence-electron chi connectivity index (χ2n) is 5.97. The third kappa shape index (κ3) is 5.53. The fourth-order valence-corrected chi connectivity index (χ4v) is 3.08. The summed E-state index contributed by atoms with van der Waals surface area (Å²) >= 11 is 12.0.